The van der Waals surface area contributed by atoms with Crippen molar-refractivity contribution in [3.8, 4) is 0 Å². The molecule has 0 aromatic carbocycles. The summed E-state index contributed by atoms with van der Waals surface area (Å²) in [7, 11) is -18.2. The van der Waals surface area contributed by atoms with Gasteiger partial charge in [0.2, 0.25) is 0 Å². The van der Waals surface area contributed by atoms with Crippen LogP contribution in [-0.2, 0) is 31.6 Å². The fourth-order valence-electron chi connectivity index (χ4n) is 1.89. The van der Waals surface area contributed by atoms with Crippen molar-refractivity contribution in [3.05, 3.63) is 27.4 Å². The molecule has 0 bridgehead atoms. The fraction of sp³-hybridized carbons (Fsp3) is 0.556. The lowest BCUT2D eigenvalue weighted by molar-refractivity contribution is -0.204. The van der Waals surface area contributed by atoms with Crippen molar-refractivity contribution in [2.45, 2.75) is 24.3 Å². The van der Waals surface area contributed by atoms with E-state index in [9.17, 15) is 33.6 Å². The first-order valence-electron chi connectivity index (χ1n) is 8.47. The zero-order valence-electron chi connectivity index (χ0n) is 16.8. The number of nitrogens with zero attached hydrogens (tertiary/aromatic N) is 1. The number of aromatic nitrogens is 2. The predicted molar refractivity (Wildman–Crippen MR) is 91.7 cm³/mol. The van der Waals surface area contributed by atoms with E-state index in [0.717, 1.165) is 6.07 Å². The monoisotopic (exact) mass is 521 g/mol. The summed E-state index contributed by atoms with van der Waals surface area (Å²) in [5, 5.41) is 20.2. The van der Waals surface area contributed by atoms with E-state index < -0.39 is 64.6 Å². The van der Waals surface area contributed by atoms with Gasteiger partial charge in [-0.25, -0.2) is 18.1 Å². The third-order valence-electron chi connectivity index (χ3n) is 2.96. The van der Waals surface area contributed by atoms with E-state index in [1.807, 2.05) is 4.98 Å². The zero-order chi connectivity index (χ0) is 25.8. The molecule has 1 saturated heterocycles. The number of aromatic amines is 1. The van der Waals surface area contributed by atoms with Gasteiger partial charge in [-0.1, -0.05) is 0 Å². The Morgan fingerprint density at radius 1 is 1.30 bits per heavy atom. The first-order chi connectivity index (χ1) is 14.6. The van der Waals surface area contributed by atoms with E-state index >= 15 is 4.39 Å². The molecule has 2 rings (SSSR count). The second-order valence-corrected chi connectivity index (χ2v) is 9.97. The first-order valence-corrected chi connectivity index (χ1v) is 11.9. The van der Waals surface area contributed by atoms with Crippen LogP contribution in [-0.4, -0.2) is 64.0 Å². The minimum atomic E-state index is -6.30. The minimum Gasteiger partial charge on any atom is -0.385 e. The Bertz CT molecular complexity index is 1190. The Kier molecular flexibility index (Phi) is 6.14. The molecule has 1 aromatic heterocycles. The number of aliphatic hydroxyl groups is 2. The van der Waals surface area contributed by atoms with Crippen molar-refractivity contribution in [2.75, 3.05) is 6.56 Å². The van der Waals surface area contributed by atoms with E-state index in [1.54, 1.807) is 0 Å². The standard InChI is InChI=1S/C9H14FN2O14P3S/c10-9(3-23-28(19,20)26-29(21,22)25-27(16,17)18)6(15)5(14)7(24-9)12-2-1-4(13)11-8(12)30/h1-2,5-7,14-15H,3H2,(H,19,20)(H,21,22)(H,11,13,30)(H2,16,17,18)/t5-,6+,7-,9-/m1/s1/i3D2,7D. The summed E-state index contributed by atoms with van der Waals surface area (Å²) in [6, 6.07) is 0.730. The number of hydrogen-bond acceptors (Lipinski definition) is 11. The molecule has 16 nitrogen and oxygen atoms in total. The van der Waals surface area contributed by atoms with Crippen molar-refractivity contribution in [2.24, 2.45) is 0 Å². The number of phosphoric ester groups is 1. The maximum absolute atomic E-state index is 15.4. The SMILES string of the molecule is [2H]C([2H])(OP(=O)(O)OP(=O)(O)OP(=O)(O)O)[C@@]1(F)O[C@@]([2H])(n2ccc(=O)[nH]c2=S)[C@H](O)[C@@H]1O. The van der Waals surface area contributed by atoms with Gasteiger partial charge in [0, 0.05) is 12.3 Å². The van der Waals surface area contributed by atoms with Gasteiger partial charge in [-0.3, -0.25) is 18.9 Å². The van der Waals surface area contributed by atoms with E-state index in [1.165, 1.54) is 0 Å². The number of phosphoric acid groups is 3. The molecule has 1 fully saturated rings. The molecule has 1 aliphatic rings. The molecule has 0 amide bonds. The van der Waals surface area contributed by atoms with E-state index in [4.69, 9.17) is 31.0 Å². The molecule has 2 heterocycles. The van der Waals surface area contributed by atoms with Crippen molar-refractivity contribution in [3.63, 3.8) is 0 Å². The highest BCUT2D eigenvalue weighted by Crippen LogP contribution is 2.66. The number of hydrogen-bond donors (Lipinski definition) is 7. The van der Waals surface area contributed by atoms with Crippen LogP contribution in [0.2, 0.25) is 0 Å². The van der Waals surface area contributed by atoms with Crippen molar-refractivity contribution in [1.82, 2.24) is 9.55 Å². The maximum Gasteiger partial charge on any atom is 0.490 e. The summed E-state index contributed by atoms with van der Waals surface area (Å²) in [6.45, 7) is -4.38. The van der Waals surface area contributed by atoms with Gasteiger partial charge in [0.05, 0.1) is 4.11 Å². The van der Waals surface area contributed by atoms with Gasteiger partial charge in [0.25, 0.3) is 11.4 Å². The molecule has 1 aromatic rings. The summed E-state index contributed by atoms with van der Waals surface area (Å²) in [5.74, 6) is -4.40. The Morgan fingerprint density at radius 3 is 2.43 bits per heavy atom. The van der Waals surface area contributed by atoms with Crippen LogP contribution in [0.5, 0.6) is 0 Å². The molecule has 30 heavy (non-hydrogen) atoms. The van der Waals surface area contributed by atoms with Crippen molar-refractivity contribution >= 4 is 35.7 Å². The van der Waals surface area contributed by atoms with Gasteiger partial charge in [-0.2, -0.15) is 8.62 Å². The molecule has 6 atom stereocenters. The lowest BCUT2D eigenvalue weighted by atomic mass is 10.1. The van der Waals surface area contributed by atoms with Gasteiger partial charge in [0.15, 0.2) is 11.0 Å². The number of rotatable bonds is 8. The topological polar surface area (TPSA) is 247 Å². The van der Waals surface area contributed by atoms with Crippen LogP contribution in [0.3, 0.4) is 0 Å². The van der Waals surface area contributed by atoms with Gasteiger partial charge in [-0.05, 0) is 12.2 Å². The Labute approximate surface area is 174 Å². The Hall–Kier alpha value is -0.680. The minimum absolute atomic E-state index is 0.375. The highest BCUT2D eigenvalue weighted by Gasteiger charge is 2.57. The average Bonchev–Trinajstić information content (AvgIpc) is 2.72. The van der Waals surface area contributed by atoms with Gasteiger partial charge >= 0.3 is 23.5 Å². The van der Waals surface area contributed by atoms with Gasteiger partial charge in [0.1, 0.15) is 18.8 Å². The van der Waals surface area contributed by atoms with E-state index in [2.05, 4.69) is 17.9 Å². The number of halogens is 1. The maximum atomic E-state index is 15.4. The summed E-state index contributed by atoms with van der Waals surface area (Å²) in [6.07, 6.45) is -8.26. The number of nitrogens with one attached hydrogen (secondary N) is 1. The Morgan fingerprint density at radius 2 is 1.90 bits per heavy atom. The number of alkyl halides is 1. The van der Waals surface area contributed by atoms with Crippen LogP contribution >= 0.6 is 35.7 Å². The Balaban J connectivity index is 2.40. The number of aliphatic hydroxyl groups excluding tert-OH is 2. The second kappa shape index (κ2) is 8.69. The number of ether oxygens (including phenoxy) is 1. The summed E-state index contributed by atoms with van der Waals surface area (Å²) < 4.78 is 87.1. The predicted octanol–water partition coefficient (Wildman–Crippen LogP) is -0.834. The largest absolute Gasteiger partial charge is 0.490 e. The molecule has 172 valence electrons. The lowest BCUT2D eigenvalue weighted by Gasteiger charge is -2.24. The number of H-pyrrole nitrogens is 1. The highest BCUT2D eigenvalue weighted by atomic mass is 32.1. The van der Waals surface area contributed by atoms with Crippen LogP contribution in [0.25, 0.3) is 0 Å². The smallest absolute Gasteiger partial charge is 0.385 e. The van der Waals surface area contributed by atoms with Crippen LogP contribution in [0.1, 0.15) is 10.3 Å². The summed E-state index contributed by atoms with van der Waals surface area (Å²) >= 11 is 4.72. The molecule has 0 radical (unpaired) electrons. The third-order valence-corrected chi connectivity index (χ3v) is 6.91. The molecule has 2 unspecified atom stereocenters. The van der Waals surface area contributed by atoms with Crippen LogP contribution in [0.4, 0.5) is 4.39 Å². The molecule has 7 N–H and O–H groups in total. The van der Waals surface area contributed by atoms with E-state index in [-0.39, 0.29) is 0 Å². The molecular weight excluding hydrogens is 504 g/mol. The molecular formula is C9H14FN2O14P3S. The van der Waals surface area contributed by atoms with Gasteiger partial charge < -0.3 is 34.5 Å². The van der Waals surface area contributed by atoms with Crippen LogP contribution in [0, 0.1) is 4.77 Å². The van der Waals surface area contributed by atoms with E-state index in [0.29, 0.717) is 10.8 Å². The summed E-state index contributed by atoms with van der Waals surface area (Å²) in [5.41, 5.74) is -0.803. The molecule has 0 aliphatic carbocycles. The quantitative estimate of drug-likeness (QED) is 0.163. The molecule has 0 saturated carbocycles. The van der Waals surface area contributed by atoms with Gasteiger partial charge in [-0.15, -0.1) is 0 Å². The molecule has 0 spiro atoms. The zero-order valence-corrected chi connectivity index (χ0v) is 17.3. The lowest BCUT2D eigenvalue weighted by Crippen LogP contribution is -2.42. The average molecular weight is 521 g/mol. The highest BCUT2D eigenvalue weighted by molar-refractivity contribution is 7.71. The fourth-order valence-corrected chi connectivity index (χ4v) is 5.02. The van der Waals surface area contributed by atoms with Crippen molar-refractivity contribution < 1.29 is 69.9 Å². The molecule has 21 heteroatoms. The first kappa shape index (κ1) is 21.2. The van der Waals surface area contributed by atoms with Crippen LogP contribution < -0.4 is 5.56 Å². The van der Waals surface area contributed by atoms with Crippen molar-refractivity contribution in [1.29, 1.82) is 0 Å². The van der Waals surface area contributed by atoms with Crippen LogP contribution in [0.15, 0.2) is 17.1 Å². The second-order valence-electron chi connectivity index (χ2n) is 5.24. The summed E-state index contributed by atoms with van der Waals surface area (Å²) in [4.78, 5) is 48.7. The normalized spacial score (nSPS) is 35.6. The molecule has 1 aliphatic heterocycles. The third kappa shape index (κ3) is 6.41.